The van der Waals surface area contributed by atoms with E-state index in [-0.39, 0.29) is 5.84 Å². The third-order valence-corrected chi connectivity index (χ3v) is 4.25. The first-order valence-electron chi connectivity index (χ1n) is 4.69. The Morgan fingerprint density at radius 1 is 1.53 bits per heavy atom. The van der Waals surface area contributed by atoms with E-state index < -0.39 is 0 Å². The van der Waals surface area contributed by atoms with Crippen LogP contribution >= 0.6 is 34.9 Å². The molecule has 1 aromatic carbocycles. The number of amidine groups is 1. The SMILES string of the molecule is N=C(N)c1ccc(CSc2ncns2)c(Cl)c1. The summed E-state index contributed by atoms with van der Waals surface area (Å²) in [4.78, 5) is 4.08. The Morgan fingerprint density at radius 2 is 2.35 bits per heavy atom. The molecule has 17 heavy (non-hydrogen) atoms. The number of nitrogens with two attached hydrogens (primary N) is 1. The highest BCUT2D eigenvalue weighted by Gasteiger charge is 2.05. The molecule has 3 N–H and O–H groups in total. The normalized spacial score (nSPS) is 10.4. The van der Waals surface area contributed by atoms with Crippen molar-refractivity contribution in [2.24, 2.45) is 5.73 Å². The van der Waals surface area contributed by atoms with Crippen molar-refractivity contribution >= 4 is 40.7 Å². The van der Waals surface area contributed by atoms with Gasteiger partial charge in [0.25, 0.3) is 0 Å². The van der Waals surface area contributed by atoms with Gasteiger partial charge in [-0.15, -0.1) is 0 Å². The van der Waals surface area contributed by atoms with E-state index in [0.29, 0.717) is 10.6 Å². The fourth-order valence-corrected chi connectivity index (χ4v) is 2.97. The van der Waals surface area contributed by atoms with Crippen molar-refractivity contribution in [1.29, 1.82) is 5.41 Å². The van der Waals surface area contributed by atoms with Gasteiger partial charge < -0.3 is 5.73 Å². The lowest BCUT2D eigenvalue weighted by atomic mass is 10.1. The van der Waals surface area contributed by atoms with Crippen molar-refractivity contribution in [2.45, 2.75) is 10.1 Å². The van der Waals surface area contributed by atoms with Crippen LogP contribution in [0.15, 0.2) is 28.9 Å². The topological polar surface area (TPSA) is 75.7 Å². The number of hydrogen-bond donors (Lipinski definition) is 2. The van der Waals surface area contributed by atoms with Gasteiger partial charge in [-0.3, -0.25) is 5.41 Å². The smallest absolute Gasteiger partial charge is 0.170 e. The van der Waals surface area contributed by atoms with Gasteiger partial charge in [0.2, 0.25) is 0 Å². The second-order valence-electron chi connectivity index (χ2n) is 3.22. The Morgan fingerprint density at radius 3 is 2.94 bits per heavy atom. The van der Waals surface area contributed by atoms with Crippen molar-refractivity contribution in [1.82, 2.24) is 9.36 Å². The maximum atomic E-state index is 7.32. The van der Waals surface area contributed by atoms with Gasteiger partial charge in [0.15, 0.2) is 4.34 Å². The summed E-state index contributed by atoms with van der Waals surface area (Å²) in [6, 6.07) is 5.39. The maximum Gasteiger partial charge on any atom is 0.170 e. The average molecular weight is 285 g/mol. The molecule has 88 valence electrons. The number of thioether (sulfide) groups is 1. The highest BCUT2D eigenvalue weighted by molar-refractivity contribution is 8.00. The van der Waals surface area contributed by atoms with Crippen LogP contribution in [-0.2, 0) is 5.75 Å². The maximum absolute atomic E-state index is 7.32. The van der Waals surface area contributed by atoms with Crippen LogP contribution in [0.1, 0.15) is 11.1 Å². The lowest BCUT2D eigenvalue weighted by molar-refractivity contribution is 1.21. The Bertz CT molecular complexity index is 527. The highest BCUT2D eigenvalue weighted by atomic mass is 35.5. The predicted octanol–water partition coefficient (Wildman–Crippen LogP) is 2.77. The molecule has 0 saturated heterocycles. The van der Waals surface area contributed by atoms with Crippen molar-refractivity contribution in [3.63, 3.8) is 0 Å². The fraction of sp³-hybridized carbons (Fsp3) is 0.100. The molecule has 1 aromatic heterocycles. The number of hydrogen-bond acceptors (Lipinski definition) is 5. The molecule has 7 heteroatoms. The molecular formula is C10H9ClN4S2. The van der Waals surface area contributed by atoms with Gasteiger partial charge in [0, 0.05) is 16.3 Å². The molecule has 0 aliphatic rings. The predicted molar refractivity (Wildman–Crippen MR) is 71.9 cm³/mol. The van der Waals surface area contributed by atoms with Crippen LogP contribution in [0.4, 0.5) is 0 Å². The van der Waals surface area contributed by atoms with E-state index >= 15 is 0 Å². The molecule has 0 bridgehead atoms. The van der Waals surface area contributed by atoms with Crippen LogP contribution in [0.3, 0.4) is 0 Å². The zero-order valence-corrected chi connectivity index (χ0v) is 11.1. The Hall–Kier alpha value is -1.11. The Labute approximate surface area is 112 Å². The summed E-state index contributed by atoms with van der Waals surface area (Å²) in [7, 11) is 0. The van der Waals surface area contributed by atoms with E-state index in [9.17, 15) is 0 Å². The highest BCUT2D eigenvalue weighted by Crippen LogP contribution is 2.27. The Balaban J connectivity index is 2.09. The molecule has 0 unspecified atom stereocenters. The summed E-state index contributed by atoms with van der Waals surface area (Å²) in [6.07, 6.45) is 1.54. The third kappa shape index (κ3) is 3.18. The Kier molecular flexibility index (Phi) is 3.98. The molecule has 0 amide bonds. The van der Waals surface area contributed by atoms with Gasteiger partial charge in [0.1, 0.15) is 12.2 Å². The molecule has 0 spiro atoms. The van der Waals surface area contributed by atoms with Crippen molar-refractivity contribution in [3.05, 3.63) is 40.7 Å². The summed E-state index contributed by atoms with van der Waals surface area (Å²) in [5.74, 6) is 0.752. The number of nitrogens with one attached hydrogen (secondary N) is 1. The van der Waals surface area contributed by atoms with Gasteiger partial charge in [-0.25, -0.2) is 4.98 Å². The molecule has 0 radical (unpaired) electrons. The molecule has 0 fully saturated rings. The van der Waals surface area contributed by atoms with Crippen molar-refractivity contribution in [2.75, 3.05) is 0 Å². The van der Waals surface area contributed by atoms with Crippen LogP contribution in [0.25, 0.3) is 0 Å². The van der Waals surface area contributed by atoms with Crippen molar-refractivity contribution < 1.29 is 0 Å². The van der Waals surface area contributed by atoms with Crippen LogP contribution in [0.5, 0.6) is 0 Å². The minimum Gasteiger partial charge on any atom is -0.384 e. The first kappa shape index (κ1) is 12.3. The fourth-order valence-electron chi connectivity index (χ4n) is 1.20. The second kappa shape index (κ2) is 5.48. The van der Waals surface area contributed by atoms with Gasteiger partial charge >= 0.3 is 0 Å². The van der Waals surface area contributed by atoms with Crippen LogP contribution in [-0.4, -0.2) is 15.2 Å². The number of halogens is 1. The summed E-state index contributed by atoms with van der Waals surface area (Å²) in [5, 5.41) is 7.94. The molecule has 0 saturated carbocycles. The summed E-state index contributed by atoms with van der Waals surface area (Å²) >= 11 is 9.06. The molecule has 0 aliphatic heterocycles. The van der Waals surface area contributed by atoms with E-state index in [4.69, 9.17) is 22.7 Å². The number of aromatic nitrogens is 2. The zero-order valence-electron chi connectivity index (χ0n) is 8.68. The first-order chi connectivity index (χ1) is 8.16. The minimum absolute atomic E-state index is 0.0234. The summed E-state index contributed by atoms with van der Waals surface area (Å²) in [5.41, 5.74) is 7.02. The number of nitrogen functional groups attached to an aromatic ring is 1. The van der Waals surface area contributed by atoms with Crippen molar-refractivity contribution in [3.8, 4) is 0 Å². The minimum atomic E-state index is 0.0234. The van der Waals surface area contributed by atoms with Crippen LogP contribution in [0.2, 0.25) is 5.02 Å². The molecule has 2 rings (SSSR count). The lowest BCUT2D eigenvalue weighted by Gasteiger charge is -2.05. The third-order valence-electron chi connectivity index (χ3n) is 2.06. The van der Waals surface area contributed by atoms with Gasteiger partial charge in [-0.2, -0.15) is 4.37 Å². The largest absolute Gasteiger partial charge is 0.384 e. The second-order valence-corrected chi connectivity index (χ2v) is 5.63. The monoisotopic (exact) mass is 284 g/mol. The van der Waals surface area contributed by atoms with Crippen LogP contribution < -0.4 is 5.73 Å². The van der Waals surface area contributed by atoms with E-state index in [1.54, 1.807) is 23.9 Å². The molecule has 0 atom stereocenters. The molecular weight excluding hydrogens is 276 g/mol. The molecule has 2 aromatic rings. The van der Waals surface area contributed by atoms with E-state index in [2.05, 4.69) is 9.36 Å². The first-order valence-corrected chi connectivity index (χ1v) is 6.83. The summed E-state index contributed by atoms with van der Waals surface area (Å²) < 4.78 is 4.84. The van der Waals surface area contributed by atoms with E-state index in [0.717, 1.165) is 15.7 Å². The number of rotatable bonds is 4. The van der Waals surface area contributed by atoms with Crippen LogP contribution in [0, 0.1) is 5.41 Å². The lowest BCUT2D eigenvalue weighted by Crippen LogP contribution is -2.10. The van der Waals surface area contributed by atoms with Gasteiger partial charge in [0.05, 0.1) is 0 Å². The van der Waals surface area contributed by atoms with Gasteiger partial charge in [-0.05, 0) is 23.2 Å². The van der Waals surface area contributed by atoms with Gasteiger partial charge in [-0.1, -0.05) is 35.5 Å². The molecule has 0 aliphatic carbocycles. The van der Waals surface area contributed by atoms with E-state index in [1.165, 1.54) is 17.9 Å². The quantitative estimate of drug-likeness (QED) is 0.514. The van der Waals surface area contributed by atoms with E-state index in [1.807, 2.05) is 6.07 Å². The standard InChI is InChI=1S/C10H9ClN4S2/c11-8-3-6(9(12)13)1-2-7(8)4-16-10-14-5-15-17-10/h1-3,5H,4H2,(H3,12,13). The number of benzene rings is 1. The number of nitrogens with zero attached hydrogens (tertiary/aromatic N) is 2. The average Bonchev–Trinajstić information content (AvgIpc) is 2.80. The zero-order chi connectivity index (χ0) is 12.3. The molecule has 4 nitrogen and oxygen atoms in total. The summed E-state index contributed by atoms with van der Waals surface area (Å²) in [6.45, 7) is 0. The molecule has 1 heterocycles.